The number of rotatable bonds is 4. The molecule has 2 heteroatoms. The highest BCUT2D eigenvalue weighted by Crippen LogP contribution is 2.37. The van der Waals surface area contributed by atoms with Gasteiger partial charge in [-0.2, -0.15) is 0 Å². The van der Waals surface area contributed by atoms with Gasteiger partial charge in [-0.05, 0) is 44.2 Å². The van der Waals surface area contributed by atoms with Gasteiger partial charge in [0.25, 0.3) is 0 Å². The van der Waals surface area contributed by atoms with Gasteiger partial charge in [0.1, 0.15) is 0 Å². The lowest BCUT2D eigenvalue weighted by molar-refractivity contribution is 0.608. The van der Waals surface area contributed by atoms with Crippen molar-refractivity contribution in [1.29, 1.82) is 0 Å². The van der Waals surface area contributed by atoms with Crippen LogP contribution in [0.2, 0.25) is 0 Å². The van der Waals surface area contributed by atoms with Gasteiger partial charge < -0.3 is 4.90 Å². The molecule has 0 bridgehead atoms. The van der Waals surface area contributed by atoms with Crippen molar-refractivity contribution in [3.8, 4) is 0 Å². The summed E-state index contributed by atoms with van der Waals surface area (Å²) in [6, 6.07) is 7.19. The van der Waals surface area contributed by atoms with Crippen LogP contribution in [0.3, 0.4) is 0 Å². The molecule has 16 heavy (non-hydrogen) atoms. The summed E-state index contributed by atoms with van der Waals surface area (Å²) in [5.41, 5.74) is 3.82. The van der Waals surface area contributed by atoms with E-state index in [1.165, 1.54) is 29.7 Å². The van der Waals surface area contributed by atoms with Gasteiger partial charge in [0, 0.05) is 24.7 Å². The predicted molar refractivity (Wildman–Crippen MR) is 71.3 cm³/mol. The van der Waals surface area contributed by atoms with E-state index >= 15 is 0 Å². The van der Waals surface area contributed by atoms with Gasteiger partial charge in [0.05, 0.1) is 0 Å². The number of halogens is 1. The zero-order valence-electron chi connectivity index (χ0n) is 10.3. The second-order valence-corrected chi connectivity index (χ2v) is 5.22. The molecule has 1 aromatic rings. The molecule has 0 N–H and O–H groups in total. The van der Waals surface area contributed by atoms with Gasteiger partial charge in [0.15, 0.2) is 0 Å². The zero-order valence-corrected chi connectivity index (χ0v) is 11.1. The maximum Gasteiger partial charge on any atom is 0.0494 e. The van der Waals surface area contributed by atoms with Crippen LogP contribution in [0.25, 0.3) is 0 Å². The molecule has 0 aromatic heterocycles. The molecular weight excluding hydrogens is 218 g/mol. The molecule has 0 spiro atoms. The first kappa shape index (κ1) is 11.8. The first-order valence-corrected chi connectivity index (χ1v) is 6.55. The Bertz CT molecular complexity index is 371. The summed E-state index contributed by atoms with van der Waals surface area (Å²) in [6.07, 6.45) is 2.77. The van der Waals surface area contributed by atoms with Crippen LogP contribution in [0.1, 0.15) is 30.9 Å². The van der Waals surface area contributed by atoms with Crippen LogP contribution in [-0.2, 0) is 5.88 Å². The number of anilines is 1. The molecule has 1 atom stereocenters. The highest BCUT2D eigenvalue weighted by molar-refractivity contribution is 6.17. The average Bonchev–Trinajstić information content (AvgIpc) is 3.10. The van der Waals surface area contributed by atoms with Crippen molar-refractivity contribution in [2.45, 2.75) is 38.6 Å². The fourth-order valence-corrected chi connectivity index (χ4v) is 2.49. The molecule has 1 aliphatic carbocycles. The lowest BCUT2D eigenvalue weighted by Gasteiger charge is -2.29. The minimum Gasteiger partial charge on any atom is -0.371 e. The zero-order chi connectivity index (χ0) is 11.7. The number of nitrogens with zero attached hydrogens (tertiary/aromatic N) is 1. The molecule has 1 unspecified atom stereocenters. The fourth-order valence-electron chi connectivity index (χ4n) is 2.28. The van der Waals surface area contributed by atoms with Gasteiger partial charge in [-0.3, -0.25) is 0 Å². The molecule has 1 saturated carbocycles. The average molecular weight is 238 g/mol. The third kappa shape index (κ3) is 2.35. The van der Waals surface area contributed by atoms with Crippen LogP contribution in [0.4, 0.5) is 5.69 Å². The first-order valence-electron chi connectivity index (χ1n) is 6.02. The smallest absolute Gasteiger partial charge is 0.0494 e. The van der Waals surface area contributed by atoms with Gasteiger partial charge in [0.2, 0.25) is 0 Å². The molecule has 1 aromatic carbocycles. The lowest BCUT2D eigenvalue weighted by Crippen LogP contribution is -2.31. The third-order valence-electron chi connectivity index (χ3n) is 3.67. The van der Waals surface area contributed by atoms with Crippen LogP contribution in [-0.4, -0.2) is 13.1 Å². The van der Waals surface area contributed by atoms with E-state index in [-0.39, 0.29) is 0 Å². The molecular formula is C14H20ClN. The van der Waals surface area contributed by atoms with E-state index in [2.05, 4.69) is 44.0 Å². The SMILES string of the molecule is Cc1ccc(N(C)C(C)C2CC2)c(CCl)c1. The Balaban J connectivity index is 2.23. The summed E-state index contributed by atoms with van der Waals surface area (Å²) in [7, 11) is 2.18. The van der Waals surface area contributed by atoms with Crippen molar-refractivity contribution in [1.82, 2.24) is 0 Å². The van der Waals surface area contributed by atoms with Crippen molar-refractivity contribution in [2.75, 3.05) is 11.9 Å². The molecule has 0 aliphatic heterocycles. The molecule has 88 valence electrons. The van der Waals surface area contributed by atoms with Crippen LogP contribution in [0.5, 0.6) is 0 Å². The maximum absolute atomic E-state index is 6.02. The number of alkyl halides is 1. The number of benzene rings is 1. The minimum atomic E-state index is 0.596. The topological polar surface area (TPSA) is 3.24 Å². The van der Waals surface area contributed by atoms with Crippen LogP contribution >= 0.6 is 11.6 Å². The monoisotopic (exact) mass is 237 g/mol. The van der Waals surface area contributed by atoms with Gasteiger partial charge in [-0.15, -0.1) is 11.6 Å². The van der Waals surface area contributed by atoms with Gasteiger partial charge in [-0.1, -0.05) is 17.7 Å². The van der Waals surface area contributed by atoms with Crippen molar-refractivity contribution < 1.29 is 0 Å². The Morgan fingerprint density at radius 2 is 2.12 bits per heavy atom. The first-order chi connectivity index (χ1) is 7.63. The van der Waals surface area contributed by atoms with E-state index < -0.39 is 0 Å². The standard InChI is InChI=1S/C14H20ClN/c1-10-4-7-14(13(8-10)9-15)16(3)11(2)12-5-6-12/h4,7-8,11-12H,5-6,9H2,1-3H3. The summed E-state index contributed by atoms with van der Waals surface area (Å²) in [6.45, 7) is 4.43. The van der Waals surface area contributed by atoms with Crippen LogP contribution < -0.4 is 4.90 Å². The molecule has 1 nitrogen and oxygen atoms in total. The largest absolute Gasteiger partial charge is 0.371 e. The fraction of sp³-hybridized carbons (Fsp3) is 0.571. The summed E-state index contributed by atoms with van der Waals surface area (Å²) in [5, 5.41) is 0. The van der Waals surface area contributed by atoms with Crippen molar-refractivity contribution in [3.05, 3.63) is 29.3 Å². The molecule has 0 amide bonds. The highest BCUT2D eigenvalue weighted by Gasteiger charge is 2.31. The number of aryl methyl sites for hydroxylation is 1. The molecule has 0 heterocycles. The molecule has 0 radical (unpaired) electrons. The Morgan fingerprint density at radius 1 is 1.44 bits per heavy atom. The van der Waals surface area contributed by atoms with E-state index in [1.807, 2.05) is 0 Å². The number of hydrogen-bond acceptors (Lipinski definition) is 1. The Morgan fingerprint density at radius 3 is 2.69 bits per heavy atom. The molecule has 0 saturated heterocycles. The maximum atomic E-state index is 6.02. The Labute approximate surface area is 103 Å². The highest BCUT2D eigenvalue weighted by atomic mass is 35.5. The predicted octanol–water partition coefficient (Wildman–Crippen LogP) is 3.97. The quantitative estimate of drug-likeness (QED) is 0.717. The number of hydrogen-bond donors (Lipinski definition) is 0. The van der Waals surface area contributed by atoms with Crippen LogP contribution in [0, 0.1) is 12.8 Å². The van der Waals surface area contributed by atoms with Crippen molar-refractivity contribution >= 4 is 17.3 Å². The normalized spacial score (nSPS) is 17.2. The van der Waals surface area contributed by atoms with E-state index in [0.29, 0.717) is 11.9 Å². The van der Waals surface area contributed by atoms with E-state index in [0.717, 1.165) is 5.92 Å². The second kappa shape index (κ2) is 4.67. The van der Waals surface area contributed by atoms with E-state index in [9.17, 15) is 0 Å². The molecule has 1 aliphatic rings. The summed E-state index contributed by atoms with van der Waals surface area (Å²) in [4.78, 5) is 2.38. The summed E-state index contributed by atoms with van der Waals surface area (Å²) >= 11 is 6.02. The third-order valence-corrected chi connectivity index (χ3v) is 3.96. The lowest BCUT2D eigenvalue weighted by atomic mass is 10.1. The Hall–Kier alpha value is -0.690. The second-order valence-electron chi connectivity index (χ2n) is 4.95. The van der Waals surface area contributed by atoms with Crippen molar-refractivity contribution in [3.63, 3.8) is 0 Å². The van der Waals surface area contributed by atoms with E-state index in [1.54, 1.807) is 0 Å². The van der Waals surface area contributed by atoms with Crippen LogP contribution in [0.15, 0.2) is 18.2 Å². The van der Waals surface area contributed by atoms with Crippen molar-refractivity contribution in [2.24, 2.45) is 5.92 Å². The summed E-state index contributed by atoms with van der Waals surface area (Å²) in [5.74, 6) is 1.48. The Kier molecular flexibility index (Phi) is 3.44. The van der Waals surface area contributed by atoms with E-state index in [4.69, 9.17) is 11.6 Å². The molecule has 2 rings (SSSR count). The minimum absolute atomic E-state index is 0.596. The summed E-state index contributed by atoms with van der Waals surface area (Å²) < 4.78 is 0. The van der Waals surface area contributed by atoms with Gasteiger partial charge in [-0.25, -0.2) is 0 Å². The van der Waals surface area contributed by atoms with Gasteiger partial charge >= 0.3 is 0 Å². The molecule has 1 fully saturated rings.